The van der Waals surface area contributed by atoms with Gasteiger partial charge in [-0.05, 0) is 12.8 Å². The largest absolute Gasteiger partial charge is 1.00 e. The Morgan fingerprint density at radius 3 is 2.61 bits per heavy atom. The third kappa shape index (κ3) is 5.19. The predicted molar refractivity (Wildman–Crippen MR) is 90.0 cm³/mol. The molecule has 2 N–H and O–H groups in total. The van der Waals surface area contributed by atoms with Gasteiger partial charge in [0, 0.05) is 17.4 Å². The van der Waals surface area contributed by atoms with Crippen LogP contribution in [0.2, 0.25) is 0 Å². The smallest absolute Gasteiger partial charge is 0.747 e. The molecule has 150 valence electrons. The minimum Gasteiger partial charge on any atom is -0.747 e. The number of thioether (sulfide) groups is 1. The van der Waals surface area contributed by atoms with E-state index in [0.717, 1.165) is 12.2 Å². The Kier molecular flexibility index (Phi) is 7.78. The molecule has 0 aliphatic carbocycles. The maximum Gasteiger partial charge on any atom is 1.00 e. The van der Waals surface area contributed by atoms with Gasteiger partial charge in [-0.3, -0.25) is 9.59 Å². The first-order valence-corrected chi connectivity index (χ1v) is 10.9. The van der Waals surface area contributed by atoms with Crippen LogP contribution in [0.4, 0.5) is 4.79 Å². The second-order valence-corrected chi connectivity index (χ2v) is 9.37. The number of nitrogens with one attached hydrogen (secondary N) is 2. The molecule has 3 fully saturated rings. The number of hydroxylamine groups is 2. The monoisotopic (exact) mass is 443 g/mol. The Bertz CT molecular complexity index is 777. The molecule has 0 aromatic heterocycles. The van der Waals surface area contributed by atoms with E-state index < -0.39 is 39.6 Å². The van der Waals surface area contributed by atoms with Crippen molar-refractivity contribution in [1.29, 1.82) is 0 Å². The van der Waals surface area contributed by atoms with Gasteiger partial charge in [0.2, 0.25) is 0 Å². The Morgan fingerprint density at radius 2 is 1.96 bits per heavy atom. The Hall–Kier alpha value is -0.860. The molecule has 3 saturated heterocycles. The number of carbonyl (C=O) groups is 4. The van der Waals surface area contributed by atoms with Gasteiger partial charge in [-0.25, -0.2) is 18.0 Å². The summed E-state index contributed by atoms with van der Waals surface area (Å²) in [6, 6.07) is 0.0207. The second-order valence-electron chi connectivity index (χ2n) is 6.54. The van der Waals surface area contributed by atoms with Crippen molar-refractivity contribution in [3.63, 3.8) is 0 Å². The molecule has 0 aromatic carbocycles. The molecule has 3 heterocycles. The Balaban J connectivity index is 0.00000280. The van der Waals surface area contributed by atoms with Crippen molar-refractivity contribution in [3.05, 3.63) is 0 Å². The van der Waals surface area contributed by atoms with Gasteiger partial charge < -0.3 is 20.0 Å². The van der Waals surface area contributed by atoms with E-state index in [1.165, 1.54) is 0 Å². The van der Waals surface area contributed by atoms with E-state index in [2.05, 4.69) is 15.5 Å². The summed E-state index contributed by atoms with van der Waals surface area (Å²) >= 11 is 1.75. The standard InChI is InChI=1S/C14H19N3O8S2.Na/c18-10-5-9(27(22,23)24)13(20)17(10)25-11(19)4-2-1-3-8-12-7(6-26-8)15-14(21)16-12;/h7-9,12H,1-6H2,(H2,15,16,21)(H,22,23,24);/q;+1/p-1. The van der Waals surface area contributed by atoms with E-state index in [9.17, 15) is 32.1 Å². The molecule has 28 heavy (non-hydrogen) atoms. The summed E-state index contributed by atoms with van der Waals surface area (Å²) in [6.45, 7) is 0. The first-order valence-electron chi connectivity index (χ1n) is 8.38. The molecule has 4 unspecified atom stereocenters. The summed E-state index contributed by atoms with van der Waals surface area (Å²) in [7, 11) is -4.99. The molecule has 0 aromatic rings. The van der Waals surface area contributed by atoms with Crippen LogP contribution < -0.4 is 40.2 Å². The molecule has 0 spiro atoms. The number of urea groups is 1. The van der Waals surface area contributed by atoms with Gasteiger partial charge in [-0.1, -0.05) is 6.42 Å². The SMILES string of the molecule is O=C1NC2CSC(CCCCC(=O)ON3C(=O)CC(S(=O)(=O)[O-])C3=O)C2N1.[Na+]. The molecule has 3 rings (SSSR count). The number of unbranched alkanes of at least 4 members (excludes halogenated alkanes) is 1. The molecular weight excluding hydrogens is 425 g/mol. The molecule has 0 saturated carbocycles. The van der Waals surface area contributed by atoms with Gasteiger partial charge in [0.15, 0.2) is 0 Å². The average molecular weight is 443 g/mol. The number of rotatable bonds is 7. The summed E-state index contributed by atoms with van der Waals surface area (Å²) in [5, 5.41) is 3.98. The van der Waals surface area contributed by atoms with E-state index in [4.69, 9.17) is 0 Å². The summed E-state index contributed by atoms with van der Waals surface area (Å²) in [5.74, 6) is -2.38. The minimum atomic E-state index is -4.99. The summed E-state index contributed by atoms with van der Waals surface area (Å²) in [4.78, 5) is 51.1. The molecule has 0 bridgehead atoms. The molecule has 0 radical (unpaired) electrons. The van der Waals surface area contributed by atoms with Crippen LogP contribution in [0.1, 0.15) is 32.1 Å². The molecule has 3 aliphatic rings. The van der Waals surface area contributed by atoms with Gasteiger partial charge in [0.1, 0.15) is 15.4 Å². The zero-order valence-electron chi connectivity index (χ0n) is 15.1. The van der Waals surface area contributed by atoms with Crippen molar-refractivity contribution in [1.82, 2.24) is 15.7 Å². The van der Waals surface area contributed by atoms with Crippen molar-refractivity contribution in [3.8, 4) is 0 Å². The van der Waals surface area contributed by atoms with E-state index in [0.29, 0.717) is 12.8 Å². The number of nitrogens with zero attached hydrogens (tertiary/aromatic N) is 1. The van der Waals surface area contributed by atoms with Crippen molar-refractivity contribution in [2.24, 2.45) is 0 Å². The van der Waals surface area contributed by atoms with Crippen LogP contribution in [0.5, 0.6) is 0 Å². The van der Waals surface area contributed by atoms with Crippen molar-refractivity contribution < 1.29 is 66.5 Å². The Morgan fingerprint density at radius 1 is 1.25 bits per heavy atom. The summed E-state index contributed by atoms with van der Waals surface area (Å²) in [5.41, 5.74) is 0. The molecule has 4 atom stereocenters. The molecular formula is C14H18N3NaO8S2. The fourth-order valence-corrected chi connectivity index (χ4v) is 5.54. The molecule has 14 heteroatoms. The van der Waals surface area contributed by atoms with E-state index in [-0.39, 0.29) is 64.4 Å². The molecule has 11 nitrogen and oxygen atoms in total. The van der Waals surface area contributed by atoms with Crippen LogP contribution in [0.25, 0.3) is 0 Å². The van der Waals surface area contributed by atoms with Crippen LogP contribution in [0.3, 0.4) is 0 Å². The maximum atomic E-state index is 11.8. The second kappa shape index (κ2) is 9.30. The van der Waals surface area contributed by atoms with Crippen molar-refractivity contribution in [2.45, 2.75) is 54.7 Å². The first kappa shape index (κ1) is 23.4. The first-order chi connectivity index (χ1) is 12.7. The number of hydrogen-bond acceptors (Lipinski definition) is 9. The normalized spacial score (nSPS) is 29.2. The van der Waals surface area contributed by atoms with E-state index >= 15 is 0 Å². The molecule has 3 aliphatic heterocycles. The van der Waals surface area contributed by atoms with Crippen LogP contribution in [0.15, 0.2) is 0 Å². The summed E-state index contributed by atoms with van der Waals surface area (Å²) in [6.07, 6.45) is 1.000. The minimum absolute atomic E-state index is 0. The third-order valence-electron chi connectivity index (χ3n) is 4.66. The predicted octanol–water partition coefficient (Wildman–Crippen LogP) is -4.15. The zero-order chi connectivity index (χ0) is 19.8. The van der Waals surface area contributed by atoms with Crippen molar-refractivity contribution >= 4 is 45.7 Å². The number of carbonyl (C=O) groups excluding carboxylic acids is 4. The number of fused-ring (bicyclic) bond motifs is 1. The van der Waals surface area contributed by atoms with Gasteiger partial charge in [-0.15, -0.1) is 5.06 Å². The number of imide groups is 1. The van der Waals surface area contributed by atoms with Gasteiger partial charge in [-0.2, -0.15) is 11.8 Å². The molecule has 4 amide bonds. The van der Waals surface area contributed by atoms with Gasteiger partial charge >= 0.3 is 41.6 Å². The van der Waals surface area contributed by atoms with E-state index in [1.54, 1.807) is 11.8 Å². The van der Waals surface area contributed by atoms with Crippen molar-refractivity contribution in [2.75, 3.05) is 5.75 Å². The van der Waals surface area contributed by atoms with Gasteiger partial charge in [0.05, 0.1) is 18.5 Å². The zero-order valence-corrected chi connectivity index (χ0v) is 18.7. The number of amides is 4. The van der Waals surface area contributed by atoms with Crippen LogP contribution in [-0.2, 0) is 29.3 Å². The van der Waals surface area contributed by atoms with Crippen LogP contribution in [-0.4, -0.2) is 70.2 Å². The fourth-order valence-electron chi connectivity index (χ4n) is 3.31. The topological polar surface area (TPSA) is 162 Å². The van der Waals surface area contributed by atoms with Gasteiger partial charge in [0.25, 0.3) is 11.8 Å². The Labute approximate surface area is 187 Å². The number of hydrogen-bond donors (Lipinski definition) is 2. The summed E-state index contributed by atoms with van der Waals surface area (Å²) < 4.78 is 32.8. The maximum absolute atomic E-state index is 11.8. The third-order valence-corrected chi connectivity index (χ3v) is 7.24. The van der Waals surface area contributed by atoms with Crippen LogP contribution >= 0.6 is 11.8 Å². The quantitative estimate of drug-likeness (QED) is 0.131. The fraction of sp³-hybridized carbons (Fsp3) is 0.714. The van der Waals surface area contributed by atoms with Crippen LogP contribution in [0, 0.1) is 0 Å². The van der Waals surface area contributed by atoms with E-state index in [1.807, 2.05) is 0 Å². The average Bonchev–Trinajstić information content (AvgIpc) is 3.19.